The quantitative estimate of drug-likeness (QED) is 0.607. The lowest BCUT2D eigenvalue weighted by molar-refractivity contribution is -0.127. The van der Waals surface area contributed by atoms with Gasteiger partial charge >= 0.3 is 0 Å². The molecule has 2 aromatic rings. The number of amides is 3. The molecular formula is C23H24N2O5S. The SMILES string of the molecule is CCC(C)Oc1ccc(/C=C2\SC(=O)N(CC(=O)Nc3ccccc3)C2=O)cc1OC. The van der Waals surface area contributed by atoms with E-state index in [2.05, 4.69) is 5.32 Å². The summed E-state index contributed by atoms with van der Waals surface area (Å²) in [7, 11) is 1.54. The molecule has 31 heavy (non-hydrogen) atoms. The van der Waals surface area contributed by atoms with E-state index >= 15 is 0 Å². The first kappa shape index (κ1) is 22.4. The molecule has 1 unspecified atom stereocenters. The molecule has 3 rings (SSSR count). The average molecular weight is 441 g/mol. The Hall–Kier alpha value is -3.26. The summed E-state index contributed by atoms with van der Waals surface area (Å²) in [6.07, 6.45) is 2.50. The maximum atomic E-state index is 12.7. The van der Waals surface area contributed by atoms with Crippen molar-refractivity contribution in [3.8, 4) is 11.5 Å². The lowest BCUT2D eigenvalue weighted by Crippen LogP contribution is -2.36. The number of carbonyl (C=O) groups is 3. The van der Waals surface area contributed by atoms with Gasteiger partial charge in [-0.3, -0.25) is 19.3 Å². The van der Waals surface area contributed by atoms with E-state index in [0.29, 0.717) is 22.7 Å². The summed E-state index contributed by atoms with van der Waals surface area (Å²) in [6, 6.07) is 14.2. The van der Waals surface area contributed by atoms with Crippen molar-refractivity contribution in [2.24, 2.45) is 0 Å². The second-order valence-electron chi connectivity index (χ2n) is 6.93. The summed E-state index contributed by atoms with van der Waals surface area (Å²) >= 11 is 0.803. The molecule has 1 atom stereocenters. The molecule has 1 N–H and O–H groups in total. The van der Waals surface area contributed by atoms with Gasteiger partial charge < -0.3 is 14.8 Å². The highest BCUT2D eigenvalue weighted by Crippen LogP contribution is 2.34. The van der Waals surface area contributed by atoms with Gasteiger partial charge in [0.25, 0.3) is 11.1 Å². The lowest BCUT2D eigenvalue weighted by Gasteiger charge is -2.15. The maximum Gasteiger partial charge on any atom is 0.294 e. The van der Waals surface area contributed by atoms with Crippen LogP contribution in [0.3, 0.4) is 0 Å². The number of ether oxygens (including phenoxy) is 2. The normalized spacial score (nSPS) is 15.8. The van der Waals surface area contributed by atoms with Gasteiger partial charge in [-0.05, 0) is 61.0 Å². The Balaban J connectivity index is 1.71. The molecule has 1 heterocycles. The number of benzene rings is 2. The molecule has 0 aliphatic carbocycles. The van der Waals surface area contributed by atoms with Gasteiger partial charge in [0.05, 0.1) is 18.1 Å². The van der Waals surface area contributed by atoms with Crippen LogP contribution in [0.2, 0.25) is 0 Å². The minimum Gasteiger partial charge on any atom is -0.493 e. The number of carbonyl (C=O) groups excluding carboxylic acids is 3. The molecule has 1 saturated heterocycles. The van der Waals surface area contributed by atoms with Gasteiger partial charge in [-0.15, -0.1) is 0 Å². The van der Waals surface area contributed by atoms with Gasteiger partial charge in [-0.2, -0.15) is 0 Å². The maximum absolute atomic E-state index is 12.7. The highest BCUT2D eigenvalue weighted by atomic mass is 32.2. The van der Waals surface area contributed by atoms with Crippen LogP contribution >= 0.6 is 11.8 Å². The van der Waals surface area contributed by atoms with Crippen LogP contribution in [0.15, 0.2) is 53.4 Å². The standard InChI is InChI=1S/C23H24N2O5S/c1-4-15(2)30-18-11-10-16(12-19(18)29-3)13-20-22(27)25(23(28)31-20)14-21(26)24-17-8-6-5-7-9-17/h5-13,15H,4,14H2,1-3H3,(H,24,26)/b20-13-. The predicted molar refractivity (Wildman–Crippen MR) is 121 cm³/mol. The van der Waals surface area contributed by atoms with Crippen molar-refractivity contribution in [2.75, 3.05) is 19.0 Å². The first-order chi connectivity index (χ1) is 14.9. The van der Waals surface area contributed by atoms with Crippen LogP contribution in [-0.2, 0) is 9.59 Å². The molecule has 1 aliphatic heterocycles. The van der Waals surface area contributed by atoms with Gasteiger partial charge in [0.15, 0.2) is 11.5 Å². The van der Waals surface area contributed by atoms with Crippen LogP contribution in [0.1, 0.15) is 25.8 Å². The van der Waals surface area contributed by atoms with Crippen molar-refractivity contribution in [1.82, 2.24) is 4.90 Å². The van der Waals surface area contributed by atoms with Crippen LogP contribution in [0.5, 0.6) is 11.5 Å². The first-order valence-corrected chi connectivity index (χ1v) is 10.7. The zero-order chi connectivity index (χ0) is 22.4. The van der Waals surface area contributed by atoms with Crippen molar-refractivity contribution >= 4 is 40.6 Å². The number of methoxy groups -OCH3 is 1. The van der Waals surface area contributed by atoms with Crippen molar-refractivity contribution in [2.45, 2.75) is 26.4 Å². The van der Waals surface area contributed by atoms with Crippen molar-refractivity contribution < 1.29 is 23.9 Å². The van der Waals surface area contributed by atoms with Crippen LogP contribution in [-0.4, -0.2) is 41.7 Å². The Kier molecular flexibility index (Phi) is 7.36. The van der Waals surface area contributed by atoms with Crippen molar-refractivity contribution in [3.05, 3.63) is 59.0 Å². The number of nitrogens with zero attached hydrogens (tertiary/aromatic N) is 1. The van der Waals surface area contributed by atoms with Gasteiger partial charge in [0.2, 0.25) is 5.91 Å². The zero-order valence-corrected chi connectivity index (χ0v) is 18.4. The van der Waals surface area contributed by atoms with E-state index in [-0.39, 0.29) is 17.6 Å². The van der Waals surface area contributed by atoms with Crippen molar-refractivity contribution in [3.63, 3.8) is 0 Å². The number of thioether (sulfide) groups is 1. The fourth-order valence-electron chi connectivity index (χ4n) is 2.82. The highest BCUT2D eigenvalue weighted by molar-refractivity contribution is 8.18. The number of hydrogen-bond acceptors (Lipinski definition) is 6. The fraction of sp³-hybridized carbons (Fsp3) is 0.261. The molecule has 0 saturated carbocycles. The Morgan fingerprint density at radius 2 is 1.90 bits per heavy atom. The Bertz CT molecular complexity index is 1010. The summed E-state index contributed by atoms with van der Waals surface area (Å²) in [6.45, 7) is 3.65. The molecule has 0 spiro atoms. The molecule has 0 bridgehead atoms. The monoisotopic (exact) mass is 440 g/mol. The smallest absolute Gasteiger partial charge is 0.294 e. The average Bonchev–Trinajstić information content (AvgIpc) is 3.02. The second kappa shape index (κ2) is 10.2. The van der Waals surface area contributed by atoms with Gasteiger partial charge in [0.1, 0.15) is 6.54 Å². The number of nitrogens with one attached hydrogen (secondary N) is 1. The summed E-state index contributed by atoms with van der Waals surface area (Å²) in [5.74, 6) is 0.204. The lowest BCUT2D eigenvalue weighted by atomic mass is 10.1. The van der Waals surface area contributed by atoms with Gasteiger partial charge in [-0.25, -0.2) is 0 Å². The van der Waals surface area contributed by atoms with E-state index in [0.717, 1.165) is 23.1 Å². The van der Waals surface area contributed by atoms with Crippen LogP contribution in [0.25, 0.3) is 6.08 Å². The number of anilines is 1. The van der Waals surface area contributed by atoms with Gasteiger partial charge in [-0.1, -0.05) is 31.2 Å². The van der Waals surface area contributed by atoms with Crippen molar-refractivity contribution in [1.29, 1.82) is 0 Å². The number of imide groups is 1. The molecular weight excluding hydrogens is 416 g/mol. The third-order valence-corrected chi connectivity index (χ3v) is 5.53. The molecule has 162 valence electrons. The van der Waals surface area contributed by atoms with Crippen LogP contribution in [0.4, 0.5) is 10.5 Å². The van der Waals surface area contributed by atoms with E-state index in [1.165, 1.54) is 0 Å². The number of rotatable bonds is 8. The highest BCUT2D eigenvalue weighted by Gasteiger charge is 2.36. The number of para-hydroxylation sites is 1. The molecule has 1 aliphatic rings. The third kappa shape index (κ3) is 5.67. The predicted octanol–water partition coefficient (Wildman–Crippen LogP) is 4.55. The largest absolute Gasteiger partial charge is 0.493 e. The Morgan fingerprint density at radius 1 is 1.16 bits per heavy atom. The summed E-state index contributed by atoms with van der Waals surface area (Å²) < 4.78 is 11.2. The molecule has 3 amide bonds. The summed E-state index contributed by atoms with van der Waals surface area (Å²) in [5, 5.41) is 2.19. The first-order valence-electron chi connectivity index (χ1n) is 9.86. The van der Waals surface area contributed by atoms with Crippen LogP contribution in [0, 0.1) is 0 Å². The van der Waals surface area contributed by atoms with E-state index in [4.69, 9.17) is 9.47 Å². The fourth-order valence-corrected chi connectivity index (χ4v) is 3.66. The minimum absolute atomic E-state index is 0.0401. The third-order valence-electron chi connectivity index (χ3n) is 4.62. The molecule has 1 fully saturated rings. The van der Waals surface area contributed by atoms with E-state index in [1.807, 2.05) is 19.9 Å². The Labute approximate surface area is 185 Å². The summed E-state index contributed by atoms with van der Waals surface area (Å²) in [5.41, 5.74) is 1.29. The summed E-state index contributed by atoms with van der Waals surface area (Å²) in [4.78, 5) is 38.4. The zero-order valence-electron chi connectivity index (χ0n) is 17.6. The van der Waals surface area contributed by atoms with Crippen LogP contribution < -0.4 is 14.8 Å². The Morgan fingerprint density at radius 3 is 2.58 bits per heavy atom. The molecule has 8 heteroatoms. The van der Waals surface area contributed by atoms with E-state index in [9.17, 15) is 14.4 Å². The second-order valence-corrected chi connectivity index (χ2v) is 7.92. The van der Waals surface area contributed by atoms with Gasteiger partial charge in [0, 0.05) is 5.69 Å². The molecule has 2 aromatic carbocycles. The van der Waals surface area contributed by atoms with E-state index < -0.39 is 17.1 Å². The molecule has 0 radical (unpaired) electrons. The molecule has 7 nitrogen and oxygen atoms in total. The van der Waals surface area contributed by atoms with E-state index in [1.54, 1.807) is 55.7 Å². The topological polar surface area (TPSA) is 84.9 Å². The minimum atomic E-state index is -0.503. The molecule has 0 aromatic heterocycles. The number of hydrogen-bond donors (Lipinski definition) is 1.